The van der Waals surface area contributed by atoms with E-state index in [-0.39, 0.29) is 12.1 Å². The van der Waals surface area contributed by atoms with Crippen LogP contribution in [-0.2, 0) is 13.1 Å². The van der Waals surface area contributed by atoms with Crippen LogP contribution in [0.5, 0.6) is 0 Å². The topological polar surface area (TPSA) is 76.8 Å². The van der Waals surface area contributed by atoms with Crippen molar-refractivity contribution in [2.45, 2.75) is 46.8 Å². The van der Waals surface area contributed by atoms with Crippen molar-refractivity contribution in [2.75, 3.05) is 6.54 Å². The van der Waals surface area contributed by atoms with Crippen molar-refractivity contribution in [3.63, 3.8) is 0 Å². The zero-order chi connectivity index (χ0) is 16.8. The van der Waals surface area contributed by atoms with Gasteiger partial charge in [-0.25, -0.2) is 9.78 Å². The van der Waals surface area contributed by atoms with Crippen molar-refractivity contribution in [1.82, 2.24) is 30.0 Å². The molecule has 2 rings (SSSR count). The number of aromatic nitrogens is 4. The Labute approximate surface area is 137 Å². The first-order valence-corrected chi connectivity index (χ1v) is 7.95. The highest BCUT2D eigenvalue weighted by atomic mass is 16.2. The number of nitrogens with one attached hydrogen (secondary N) is 2. The molecule has 2 heterocycles. The molecule has 126 valence electrons. The van der Waals surface area contributed by atoms with Crippen LogP contribution >= 0.6 is 0 Å². The number of carbonyl (C=O) groups excluding carboxylic acids is 1. The molecule has 0 bridgehead atoms. The van der Waals surface area contributed by atoms with Gasteiger partial charge in [-0.2, -0.15) is 5.10 Å². The summed E-state index contributed by atoms with van der Waals surface area (Å²) in [5, 5.41) is 10.3. The summed E-state index contributed by atoms with van der Waals surface area (Å²) >= 11 is 0. The van der Waals surface area contributed by atoms with Gasteiger partial charge < -0.3 is 15.2 Å². The molecular formula is C16H26N6O. The molecule has 2 atom stereocenters. The highest BCUT2D eigenvalue weighted by Gasteiger charge is 2.11. The van der Waals surface area contributed by atoms with E-state index in [2.05, 4.69) is 33.7 Å². The molecule has 0 unspecified atom stereocenters. The lowest BCUT2D eigenvalue weighted by Gasteiger charge is -2.17. The Bertz CT molecular complexity index is 619. The molecule has 2 N–H and O–H groups in total. The first-order valence-electron chi connectivity index (χ1n) is 7.95. The van der Waals surface area contributed by atoms with Crippen LogP contribution < -0.4 is 10.6 Å². The largest absolute Gasteiger partial charge is 0.338 e. The number of hydrogen-bond donors (Lipinski definition) is 2. The van der Waals surface area contributed by atoms with E-state index in [4.69, 9.17) is 0 Å². The van der Waals surface area contributed by atoms with Gasteiger partial charge >= 0.3 is 6.03 Å². The van der Waals surface area contributed by atoms with Crippen molar-refractivity contribution in [2.24, 2.45) is 5.92 Å². The van der Waals surface area contributed by atoms with Gasteiger partial charge in [0.2, 0.25) is 0 Å². The SMILES string of the molecule is Cc1cc(C)n(C[C@H](C)CNC(=O)N[C@H](C)Cn2ccnc2)n1. The third kappa shape index (κ3) is 5.43. The van der Waals surface area contributed by atoms with Crippen LogP contribution in [0.25, 0.3) is 0 Å². The van der Waals surface area contributed by atoms with Gasteiger partial charge in [-0.1, -0.05) is 6.92 Å². The molecule has 2 amide bonds. The van der Waals surface area contributed by atoms with E-state index in [0.29, 0.717) is 19.0 Å². The molecule has 2 aromatic heterocycles. The van der Waals surface area contributed by atoms with Crippen molar-refractivity contribution in [3.05, 3.63) is 36.2 Å². The van der Waals surface area contributed by atoms with Gasteiger partial charge in [0.1, 0.15) is 0 Å². The summed E-state index contributed by atoms with van der Waals surface area (Å²) < 4.78 is 3.93. The maximum Gasteiger partial charge on any atom is 0.315 e. The molecule has 0 aliphatic heterocycles. The molecule has 2 aromatic rings. The Balaban J connectivity index is 1.70. The van der Waals surface area contributed by atoms with E-state index in [1.807, 2.05) is 36.2 Å². The molecular weight excluding hydrogens is 292 g/mol. The number of amides is 2. The van der Waals surface area contributed by atoms with Crippen molar-refractivity contribution < 1.29 is 4.79 Å². The number of carbonyl (C=O) groups is 1. The summed E-state index contributed by atoms with van der Waals surface area (Å²) in [5.74, 6) is 0.308. The Hall–Kier alpha value is -2.31. The van der Waals surface area contributed by atoms with E-state index < -0.39 is 0 Å². The summed E-state index contributed by atoms with van der Waals surface area (Å²) in [6.07, 6.45) is 5.35. The van der Waals surface area contributed by atoms with Gasteiger partial charge in [-0.05, 0) is 32.8 Å². The standard InChI is InChI=1S/C16H26N6O/c1-12(9-22-15(4)7-13(2)20-22)8-18-16(23)19-14(3)10-21-6-5-17-11-21/h5-7,11-12,14H,8-10H2,1-4H3,(H2,18,19,23)/t12-,14-/m1/s1. The number of rotatable bonds is 7. The van der Waals surface area contributed by atoms with E-state index in [1.54, 1.807) is 12.5 Å². The highest BCUT2D eigenvalue weighted by molar-refractivity contribution is 5.74. The van der Waals surface area contributed by atoms with Crippen LogP contribution in [0.15, 0.2) is 24.8 Å². The lowest BCUT2D eigenvalue weighted by Crippen LogP contribution is -2.44. The van der Waals surface area contributed by atoms with E-state index >= 15 is 0 Å². The van der Waals surface area contributed by atoms with Crippen LogP contribution in [0.3, 0.4) is 0 Å². The minimum atomic E-state index is -0.141. The Kier molecular flexibility index (Phi) is 5.78. The molecule has 0 aromatic carbocycles. The maximum absolute atomic E-state index is 11.9. The van der Waals surface area contributed by atoms with Crippen LogP contribution in [0.1, 0.15) is 25.2 Å². The number of imidazole rings is 1. The minimum Gasteiger partial charge on any atom is -0.338 e. The fraction of sp³-hybridized carbons (Fsp3) is 0.562. The maximum atomic E-state index is 11.9. The van der Waals surface area contributed by atoms with Crippen LogP contribution in [0, 0.1) is 19.8 Å². The Morgan fingerprint density at radius 3 is 2.70 bits per heavy atom. The Morgan fingerprint density at radius 2 is 2.09 bits per heavy atom. The van der Waals surface area contributed by atoms with Crippen molar-refractivity contribution >= 4 is 6.03 Å². The van der Waals surface area contributed by atoms with Gasteiger partial charge in [-0.3, -0.25) is 4.68 Å². The summed E-state index contributed by atoms with van der Waals surface area (Å²) in [4.78, 5) is 15.9. The predicted octanol–water partition coefficient (Wildman–Crippen LogP) is 1.72. The number of hydrogen-bond acceptors (Lipinski definition) is 3. The number of aryl methyl sites for hydroxylation is 2. The zero-order valence-electron chi connectivity index (χ0n) is 14.3. The summed E-state index contributed by atoms with van der Waals surface area (Å²) in [6, 6.07) is 1.96. The first-order chi connectivity index (χ1) is 10.9. The van der Waals surface area contributed by atoms with Crippen LogP contribution in [0.2, 0.25) is 0 Å². The molecule has 0 saturated heterocycles. The third-order valence-electron chi connectivity index (χ3n) is 3.62. The average Bonchev–Trinajstić information content (AvgIpc) is 3.07. The van der Waals surface area contributed by atoms with E-state index in [1.165, 1.54) is 0 Å². The van der Waals surface area contributed by atoms with Gasteiger partial charge in [0.25, 0.3) is 0 Å². The second-order valence-electron chi connectivity index (χ2n) is 6.23. The average molecular weight is 318 g/mol. The summed E-state index contributed by atoms with van der Waals surface area (Å²) in [7, 11) is 0. The molecule has 23 heavy (non-hydrogen) atoms. The van der Waals surface area contributed by atoms with Gasteiger partial charge in [0.05, 0.1) is 12.0 Å². The van der Waals surface area contributed by atoms with Gasteiger partial charge in [0, 0.05) is 43.8 Å². The normalized spacial score (nSPS) is 13.6. The summed E-state index contributed by atoms with van der Waals surface area (Å²) in [5.41, 5.74) is 2.17. The molecule has 0 spiro atoms. The number of urea groups is 1. The van der Waals surface area contributed by atoms with Crippen molar-refractivity contribution in [1.29, 1.82) is 0 Å². The molecule has 7 nitrogen and oxygen atoms in total. The molecule has 0 aliphatic rings. The lowest BCUT2D eigenvalue weighted by molar-refractivity contribution is 0.234. The molecule has 0 radical (unpaired) electrons. The first kappa shape index (κ1) is 17.1. The smallest absolute Gasteiger partial charge is 0.315 e. The van der Waals surface area contributed by atoms with Crippen LogP contribution in [-0.4, -0.2) is 37.9 Å². The monoisotopic (exact) mass is 318 g/mol. The predicted molar refractivity (Wildman–Crippen MR) is 89.1 cm³/mol. The highest BCUT2D eigenvalue weighted by Crippen LogP contribution is 2.05. The number of nitrogens with zero attached hydrogens (tertiary/aromatic N) is 4. The third-order valence-corrected chi connectivity index (χ3v) is 3.62. The fourth-order valence-corrected chi connectivity index (χ4v) is 2.52. The van der Waals surface area contributed by atoms with Crippen LogP contribution in [0.4, 0.5) is 4.79 Å². The second kappa shape index (κ2) is 7.80. The fourth-order valence-electron chi connectivity index (χ4n) is 2.52. The van der Waals surface area contributed by atoms with E-state index in [0.717, 1.165) is 17.9 Å². The quantitative estimate of drug-likeness (QED) is 0.816. The van der Waals surface area contributed by atoms with Crippen molar-refractivity contribution in [3.8, 4) is 0 Å². The molecule has 0 fully saturated rings. The summed E-state index contributed by atoms with van der Waals surface area (Å²) in [6.45, 7) is 10.2. The second-order valence-corrected chi connectivity index (χ2v) is 6.23. The minimum absolute atomic E-state index is 0.0375. The molecule has 0 aliphatic carbocycles. The molecule has 7 heteroatoms. The lowest BCUT2D eigenvalue weighted by atomic mass is 10.2. The molecule has 0 saturated carbocycles. The zero-order valence-corrected chi connectivity index (χ0v) is 14.3. The van der Waals surface area contributed by atoms with Gasteiger partial charge in [0.15, 0.2) is 0 Å². The van der Waals surface area contributed by atoms with E-state index in [9.17, 15) is 4.79 Å². The van der Waals surface area contributed by atoms with Gasteiger partial charge in [-0.15, -0.1) is 0 Å². The Morgan fingerprint density at radius 1 is 1.30 bits per heavy atom.